The Morgan fingerprint density at radius 3 is 2.47 bits per heavy atom. The molecular formula is C19H18Cl2F2N2O5. The highest BCUT2D eigenvalue weighted by Gasteiger charge is 2.17. The van der Waals surface area contributed by atoms with Gasteiger partial charge in [0.1, 0.15) is 0 Å². The molecule has 11 heteroatoms. The van der Waals surface area contributed by atoms with Gasteiger partial charge < -0.3 is 19.5 Å². The summed E-state index contributed by atoms with van der Waals surface area (Å²) in [5.41, 5.74) is 0.265. The molecule has 0 saturated heterocycles. The van der Waals surface area contributed by atoms with Gasteiger partial charge in [-0.3, -0.25) is 14.6 Å². The van der Waals surface area contributed by atoms with Crippen LogP contribution in [-0.4, -0.2) is 37.2 Å². The first kappa shape index (κ1) is 23.6. The van der Waals surface area contributed by atoms with Gasteiger partial charge in [0.15, 0.2) is 11.5 Å². The molecule has 2 rings (SSSR count). The van der Waals surface area contributed by atoms with Crippen molar-refractivity contribution in [2.45, 2.75) is 25.9 Å². The number of hydrogen-bond acceptors (Lipinski definition) is 6. The number of benzene rings is 1. The molecule has 1 aromatic heterocycles. The fraction of sp³-hybridized carbons (Fsp3) is 0.316. The van der Waals surface area contributed by atoms with E-state index in [2.05, 4.69) is 19.8 Å². The Kier molecular flexibility index (Phi) is 9.07. The lowest BCUT2D eigenvalue weighted by Crippen LogP contribution is -2.14. The molecule has 0 aliphatic carbocycles. The Bertz CT molecular complexity index is 879. The summed E-state index contributed by atoms with van der Waals surface area (Å²) >= 11 is 12.0. The number of carbonyl (C=O) groups is 2. The van der Waals surface area contributed by atoms with Gasteiger partial charge in [-0.2, -0.15) is 8.78 Å². The van der Waals surface area contributed by atoms with Gasteiger partial charge in [-0.05, 0) is 31.0 Å². The molecule has 1 N–H and O–H groups in total. The summed E-state index contributed by atoms with van der Waals surface area (Å²) in [4.78, 5) is 27.4. The first-order valence-electron chi connectivity index (χ1n) is 8.70. The lowest BCUT2D eigenvalue weighted by Gasteiger charge is -2.14. The molecule has 2 aromatic rings. The standard InChI is InChI=1S/C19H18Cl2F2N2O5/c1-28-16(26)4-2-3-7-29-15-8-11(5-6-14(15)30-19(22)23)18(27)25-17-12(20)9-24-10-13(17)21/h5-6,8-10,19H,2-4,7H2,1H3,(H,24,25,27). The zero-order chi connectivity index (χ0) is 22.1. The van der Waals surface area contributed by atoms with Crippen molar-refractivity contribution in [2.24, 2.45) is 0 Å². The summed E-state index contributed by atoms with van der Waals surface area (Å²) in [7, 11) is 1.29. The van der Waals surface area contributed by atoms with E-state index in [-0.39, 0.29) is 51.8 Å². The molecule has 0 saturated carbocycles. The number of alkyl halides is 2. The Morgan fingerprint density at radius 2 is 1.83 bits per heavy atom. The van der Waals surface area contributed by atoms with Crippen molar-refractivity contribution in [3.05, 3.63) is 46.2 Å². The van der Waals surface area contributed by atoms with Gasteiger partial charge in [0.05, 0.1) is 29.4 Å². The first-order valence-corrected chi connectivity index (χ1v) is 9.46. The molecule has 0 atom stereocenters. The molecule has 0 aliphatic heterocycles. The Labute approximate surface area is 181 Å². The minimum atomic E-state index is -3.07. The van der Waals surface area contributed by atoms with Gasteiger partial charge in [-0.25, -0.2) is 0 Å². The smallest absolute Gasteiger partial charge is 0.387 e. The highest BCUT2D eigenvalue weighted by atomic mass is 35.5. The number of rotatable bonds is 10. The molecule has 162 valence electrons. The summed E-state index contributed by atoms with van der Waals surface area (Å²) in [5.74, 6) is -1.23. The van der Waals surface area contributed by atoms with Crippen molar-refractivity contribution in [3.63, 3.8) is 0 Å². The number of amides is 1. The molecular weight excluding hydrogens is 445 g/mol. The number of carbonyl (C=O) groups excluding carboxylic acids is 2. The van der Waals surface area contributed by atoms with E-state index in [1.54, 1.807) is 0 Å². The number of ether oxygens (including phenoxy) is 3. The summed E-state index contributed by atoms with van der Waals surface area (Å²) in [6, 6.07) is 3.75. The Balaban J connectivity index is 2.11. The Morgan fingerprint density at radius 1 is 1.13 bits per heavy atom. The van der Waals surface area contributed by atoms with Crippen molar-refractivity contribution in [1.29, 1.82) is 0 Å². The van der Waals surface area contributed by atoms with Crippen LogP contribution in [-0.2, 0) is 9.53 Å². The third-order valence-corrected chi connectivity index (χ3v) is 4.35. The third kappa shape index (κ3) is 7.00. The highest BCUT2D eigenvalue weighted by Crippen LogP contribution is 2.32. The normalized spacial score (nSPS) is 10.6. The molecule has 0 bridgehead atoms. The van der Waals surface area contributed by atoms with Crippen LogP contribution < -0.4 is 14.8 Å². The van der Waals surface area contributed by atoms with E-state index < -0.39 is 12.5 Å². The Hall–Kier alpha value is -2.65. The van der Waals surface area contributed by atoms with E-state index in [9.17, 15) is 18.4 Å². The van der Waals surface area contributed by atoms with Crippen LogP contribution >= 0.6 is 23.2 Å². The number of aromatic nitrogens is 1. The highest BCUT2D eigenvalue weighted by molar-refractivity contribution is 6.39. The predicted octanol–water partition coefficient (Wildman–Crippen LogP) is 4.96. The number of nitrogens with one attached hydrogen (secondary N) is 1. The van der Waals surface area contributed by atoms with E-state index in [0.29, 0.717) is 12.8 Å². The molecule has 7 nitrogen and oxygen atoms in total. The van der Waals surface area contributed by atoms with Crippen molar-refractivity contribution in [1.82, 2.24) is 4.98 Å². The first-order chi connectivity index (χ1) is 14.3. The average molecular weight is 463 g/mol. The van der Waals surface area contributed by atoms with Gasteiger partial charge in [0.2, 0.25) is 0 Å². The second kappa shape index (κ2) is 11.5. The molecule has 0 spiro atoms. The zero-order valence-corrected chi connectivity index (χ0v) is 17.3. The fourth-order valence-corrected chi connectivity index (χ4v) is 2.79. The maximum Gasteiger partial charge on any atom is 0.387 e. The van der Waals surface area contributed by atoms with Crippen LogP contribution in [0.4, 0.5) is 14.5 Å². The van der Waals surface area contributed by atoms with Crippen molar-refractivity contribution in [3.8, 4) is 11.5 Å². The number of esters is 1. The molecule has 0 radical (unpaired) electrons. The number of unbranched alkanes of at least 4 members (excludes halogenated alkanes) is 1. The predicted molar refractivity (Wildman–Crippen MR) is 107 cm³/mol. The monoisotopic (exact) mass is 462 g/mol. The SMILES string of the molecule is COC(=O)CCCCOc1cc(C(=O)Nc2c(Cl)cncc2Cl)ccc1OC(F)F. The summed E-state index contributed by atoms with van der Waals surface area (Å²) in [6.07, 6.45) is 3.77. The third-order valence-electron chi connectivity index (χ3n) is 3.77. The second-order valence-electron chi connectivity index (χ2n) is 5.85. The van der Waals surface area contributed by atoms with E-state index in [1.165, 1.54) is 37.7 Å². The molecule has 30 heavy (non-hydrogen) atoms. The van der Waals surface area contributed by atoms with Crippen LogP contribution in [0.3, 0.4) is 0 Å². The quantitative estimate of drug-likeness (QED) is 0.396. The summed E-state index contributed by atoms with van der Waals surface area (Å²) in [6.45, 7) is -2.95. The molecule has 0 unspecified atom stereocenters. The number of halogens is 4. The van der Waals surface area contributed by atoms with Gasteiger partial charge in [-0.15, -0.1) is 0 Å². The number of methoxy groups -OCH3 is 1. The fourth-order valence-electron chi connectivity index (χ4n) is 2.33. The lowest BCUT2D eigenvalue weighted by molar-refractivity contribution is -0.140. The van der Waals surface area contributed by atoms with Crippen LogP contribution in [0, 0.1) is 0 Å². The minimum absolute atomic E-state index is 0.0482. The van der Waals surface area contributed by atoms with E-state index in [1.807, 2.05) is 0 Å². The molecule has 1 aromatic carbocycles. The number of pyridine rings is 1. The lowest BCUT2D eigenvalue weighted by atomic mass is 10.2. The van der Waals surface area contributed by atoms with E-state index >= 15 is 0 Å². The van der Waals surface area contributed by atoms with Crippen LogP contribution in [0.25, 0.3) is 0 Å². The second-order valence-corrected chi connectivity index (χ2v) is 6.67. The molecule has 1 amide bonds. The molecule has 0 aliphatic rings. The van der Waals surface area contributed by atoms with E-state index in [0.717, 1.165) is 0 Å². The van der Waals surface area contributed by atoms with E-state index in [4.69, 9.17) is 27.9 Å². The maximum atomic E-state index is 12.7. The number of nitrogens with zero attached hydrogens (tertiary/aromatic N) is 1. The van der Waals surface area contributed by atoms with Crippen LogP contribution in [0.1, 0.15) is 29.6 Å². The average Bonchev–Trinajstić information content (AvgIpc) is 2.70. The summed E-state index contributed by atoms with van der Waals surface area (Å²) < 4.78 is 39.8. The molecule has 0 fully saturated rings. The minimum Gasteiger partial charge on any atom is -0.490 e. The van der Waals surface area contributed by atoms with Crippen LogP contribution in [0.2, 0.25) is 10.0 Å². The van der Waals surface area contributed by atoms with Crippen molar-refractivity contribution >= 4 is 40.8 Å². The largest absolute Gasteiger partial charge is 0.490 e. The van der Waals surface area contributed by atoms with Gasteiger partial charge in [-0.1, -0.05) is 23.2 Å². The van der Waals surface area contributed by atoms with Crippen LogP contribution in [0.5, 0.6) is 11.5 Å². The zero-order valence-electron chi connectivity index (χ0n) is 15.8. The summed E-state index contributed by atoms with van der Waals surface area (Å²) in [5, 5.41) is 2.81. The van der Waals surface area contributed by atoms with Crippen LogP contribution in [0.15, 0.2) is 30.6 Å². The van der Waals surface area contributed by atoms with Gasteiger partial charge in [0, 0.05) is 24.4 Å². The van der Waals surface area contributed by atoms with Crippen molar-refractivity contribution < 1.29 is 32.6 Å². The topological polar surface area (TPSA) is 86.8 Å². The number of hydrogen-bond donors (Lipinski definition) is 1. The van der Waals surface area contributed by atoms with Gasteiger partial charge in [0.25, 0.3) is 5.91 Å². The van der Waals surface area contributed by atoms with Gasteiger partial charge >= 0.3 is 12.6 Å². The maximum absolute atomic E-state index is 12.7. The molecule has 1 heterocycles. The number of anilines is 1. The van der Waals surface area contributed by atoms with Crippen molar-refractivity contribution in [2.75, 3.05) is 19.0 Å².